The lowest BCUT2D eigenvalue weighted by atomic mass is 10.3. The first-order valence-electron chi connectivity index (χ1n) is 5.01. The molecule has 2 atom stereocenters. The lowest BCUT2D eigenvalue weighted by Gasteiger charge is -2.12. The minimum absolute atomic E-state index is 0.133. The Morgan fingerprint density at radius 3 is 3.00 bits per heavy atom. The van der Waals surface area contributed by atoms with Crippen molar-refractivity contribution < 1.29 is 14.6 Å². The number of aliphatic hydroxyl groups is 1. The average Bonchev–Trinajstić information content (AvgIpc) is 2.78. The Morgan fingerprint density at radius 2 is 2.41 bits per heavy atom. The minimum Gasteiger partial charge on any atom is -0.391 e. The molecule has 0 saturated carbocycles. The van der Waals surface area contributed by atoms with Gasteiger partial charge in [0.05, 0.1) is 18.8 Å². The fourth-order valence-corrected chi connectivity index (χ4v) is 1.55. The van der Waals surface area contributed by atoms with Gasteiger partial charge in [-0.2, -0.15) is 0 Å². The third kappa shape index (κ3) is 2.21. The van der Waals surface area contributed by atoms with Gasteiger partial charge >= 0.3 is 5.69 Å². The number of nitrogens with one attached hydrogen (secondary N) is 1. The number of aromatic nitrogens is 2. The maximum absolute atomic E-state index is 11.6. The average molecular weight is 240 g/mol. The normalized spacial score (nSPS) is 23.8. The summed E-state index contributed by atoms with van der Waals surface area (Å²) in [6.07, 6.45) is 1.29. The number of aromatic amines is 1. The van der Waals surface area contributed by atoms with E-state index in [1.54, 1.807) is 0 Å². The molecule has 2 heterocycles. The highest BCUT2D eigenvalue weighted by atomic mass is 16.7. The van der Waals surface area contributed by atoms with Crippen LogP contribution in [-0.2, 0) is 9.47 Å². The molecule has 2 rings (SSSR count). The van der Waals surface area contributed by atoms with Crippen molar-refractivity contribution in [3.8, 4) is 0 Å². The van der Waals surface area contributed by atoms with Crippen molar-refractivity contribution >= 4 is 6.08 Å². The van der Waals surface area contributed by atoms with Crippen LogP contribution < -0.4 is 11.2 Å². The molecule has 2 N–H and O–H groups in total. The Kier molecular flexibility index (Phi) is 3.23. The first kappa shape index (κ1) is 11.8. The van der Waals surface area contributed by atoms with Gasteiger partial charge in [-0.25, -0.2) is 4.79 Å². The molecule has 0 radical (unpaired) electrons. The monoisotopic (exact) mass is 240 g/mol. The summed E-state index contributed by atoms with van der Waals surface area (Å²) < 4.78 is 11.5. The minimum atomic E-state index is -0.744. The molecule has 0 aliphatic carbocycles. The Hall–Kier alpha value is -1.70. The van der Waals surface area contributed by atoms with Crippen molar-refractivity contribution in [1.29, 1.82) is 0 Å². The standard InChI is InChI=1S/C10H12N2O5/c1-2-6-3-12(10(15)11-9(6)14)7-5-16-8(4-13)17-7/h2-3,7-8,13H,1,4-5H2,(H,11,14,15)/t7-,8-/m0/s1. The highest BCUT2D eigenvalue weighted by Crippen LogP contribution is 2.18. The highest BCUT2D eigenvalue weighted by Gasteiger charge is 2.27. The van der Waals surface area contributed by atoms with E-state index in [4.69, 9.17) is 14.6 Å². The van der Waals surface area contributed by atoms with Crippen LogP contribution in [-0.4, -0.2) is 34.2 Å². The summed E-state index contributed by atoms with van der Waals surface area (Å²) >= 11 is 0. The van der Waals surface area contributed by atoms with Crippen molar-refractivity contribution in [3.63, 3.8) is 0 Å². The molecule has 1 saturated heterocycles. The molecule has 0 unspecified atom stereocenters. The number of rotatable bonds is 3. The topological polar surface area (TPSA) is 93.6 Å². The number of hydrogen-bond acceptors (Lipinski definition) is 5. The van der Waals surface area contributed by atoms with E-state index in [-0.39, 0.29) is 18.8 Å². The second kappa shape index (κ2) is 4.66. The van der Waals surface area contributed by atoms with E-state index in [0.717, 1.165) is 0 Å². The molecule has 1 aliphatic rings. The van der Waals surface area contributed by atoms with Crippen LogP contribution in [0.5, 0.6) is 0 Å². The van der Waals surface area contributed by atoms with Crippen LogP contribution >= 0.6 is 0 Å². The van der Waals surface area contributed by atoms with Crippen LogP contribution in [0.4, 0.5) is 0 Å². The lowest BCUT2D eigenvalue weighted by Crippen LogP contribution is -2.34. The smallest absolute Gasteiger partial charge is 0.330 e. The quantitative estimate of drug-likeness (QED) is 0.710. The molecule has 17 heavy (non-hydrogen) atoms. The van der Waals surface area contributed by atoms with Crippen molar-refractivity contribution in [3.05, 3.63) is 39.2 Å². The molecule has 1 aromatic rings. The molecule has 0 spiro atoms. The second-order valence-corrected chi connectivity index (χ2v) is 3.49. The molecular formula is C10H12N2O5. The van der Waals surface area contributed by atoms with Crippen LogP contribution in [0.25, 0.3) is 6.08 Å². The van der Waals surface area contributed by atoms with E-state index in [9.17, 15) is 9.59 Å². The molecule has 7 heteroatoms. The summed E-state index contributed by atoms with van der Waals surface area (Å²) in [6.45, 7) is 3.32. The summed E-state index contributed by atoms with van der Waals surface area (Å²) in [5, 5.41) is 8.83. The molecule has 0 bridgehead atoms. The fourth-order valence-electron chi connectivity index (χ4n) is 1.55. The van der Waals surface area contributed by atoms with E-state index in [1.807, 2.05) is 0 Å². The first-order chi connectivity index (χ1) is 8.15. The molecule has 0 amide bonds. The van der Waals surface area contributed by atoms with Crippen molar-refractivity contribution in [2.75, 3.05) is 13.2 Å². The van der Waals surface area contributed by atoms with Gasteiger partial charge in [-0.1, -0.05) is 12.7 Å². The largest absolute Gasteiger partial charge is 0.391 e. The van der Waals surface area contributed by atoms with Gasteiger partial charge in [-0.15, -0.1) is 0 Å². The first-order valence-corrected chi connectivity index (χ1v) is 5.01. The van der Waals surface area contributed by atoms with E-state index >= 15 is 0 Å². The molecule has 7 nitrogen and oxygen atoms in total. The number of aliphatic hydroxyl groups excluding tert-OH is 1. The van der Waals surface area contributed by atoms with Gasteiger partial charge in [0.25, 0.3) is 5.56 Å². The Morgan fingerprint density at radius 1 is 1.65 bits per heavy atom. The van der Waals surface area contributed by atoms with E-state index in [2.05, 4.69) is 11.6 Å². The summed E-state index contributed by atoms with van der Waals surface area (Å²) in [5.41, 5.74) is -0.827. The summed E-state index contributed by atoms with van der Waals surface area (Å²) in [6, 6.07) is 0. The van der Waals surface area contributed by atoms with Crippen molar-refractivity contribution in [2.24, 2.45) is 0 Å². The molecule has 0 aromatic carbocycles. The zero-order valence-electron chi connectivity index (χ0n) is 8.96. The summed E-state index contributed by atoms with van der Waals surface area (Å²) in [5.74, 6) is 0. The molecule has 1 fully saturated rings. The highest BCUT2D eigenvalue weighted by molar-refractivity contribution is 5.43. The number of hydrogen-bond donors (Lipinski definition) is 2. The van der Waals surface area contributed by atoms with Gasteiger partial charge in [0.1, 0.15) is 0 Å². The second-order valence-electron chi connectivity index (χ2n) is 3.49. The van der Waals surface area contributed by atoms with Crippen LogP contribution in [0.15, 0.2) is 22.4 Å². The maximum atomic E-state index is 11.6. The SMILES string of the molecule is C=Cc1cn([C@@H]2CO[C@H](CO)O2)c(=O)[nH]c1=O. The lowest BCUT2D eigenvalue weighted by molar-refractivity contribution is -0.0993. The number of ether oxygens (including phenoxy) is 2. The van der Waals surface area contributed by atoms with Crippen LogP contribution in [0.1, 0.15) is 11.8 Å². The molecule has 92 valence electrons. The fraction of sp³-hybridized carbons (Fsp3) is 0.400. The van der Waals surface area contributed by atoms with Crippen LogP contribution in [0.2, 0.25) is 0 Å². The molecular weight excluding hydrogens is 228 g/mol. The van der Waals surface area contributed by atoms with Gasteiger partial charge in [-0.3, -0.25) is 14.3 Å². The predicted octanol–water partition coefficient (Wildman–Crippen LogP) is -0.957. The number of H-pyrrole nitrogens is 1. The summed E-state index contributed by atoms with van der Waals surface area (Å²) in [7, 11) is 0. The van der Waals surface area contributed by atoms with Crippen molar-refractivity contribution in [1.82, 2.24) is 9.55 Å². The van der Waals surface area contributed by atoms with Gasteiger partial charge < -0.3 is 14.6 Å². The Labute approximate surface area is 95.9 Å². The third-order valence-corrected chi connectivity index (χ3v) is 2.41. The van der Waals surface area contributed by atoms with Gasteiger partial charge in [0.15, 0.2) is 12.5 Å². The van der Waals surface area contributed by atoms with E-state index < -0.39 is 23.8 Å². The van der Waals surface area contributed by atoms with E-state index in [1.165, 1.54) is 16.8 Å². The van der Waals surface area contributed by atoms with E-state index in [0.29, 0.717) is 0 Å². The third-order valence-electron chi connectivity index (χ3n) is 2.41. The van der Waals surface area contributed by atoms with Crippen molar-refractivity contribution in [2.45, 2.75) is 12.5 Å². The maximum Gasteiger partial charge on any atom is 0.330 e. The van der Waals surface area contributed by atoms with Crippen LogP contribution in [0, 0.1) is 0 Å². The Bertz CT molecular complexity index is 532. The molecule has 1 aliphatic heterocycles. The molecule has 1 aromatic heterocycles. The summed E-state index contributed by atoms with van der Waals surface area (Å²) in [4.78, 5) is 25.0. The number of nitrogens with zero attached hydrogens (tertiary/aromatic N) is 1. The van der Waals surface area contributed by atoms with Gasteiger partial charge in [-0.05, 0) is 0 Å². The van der Waals surface area contributed by atoms with Gasteiger partial charge in [0, 0.05) is 6.20 Å². The zero-order valence-corrected chi connectivity index (χ0v) is 8.96. The van der Waals surface area contributed by atoms with Crippen LogP contribution in [0.3, 0.4) is 0 Å². The predicted molar refractivity (Wildman–Crippen MR) is 58.4 cm³/mol. The zero-order chi connectivity index (χ0) is 12.4. The van der Waals surface area contributed by atoms with Gasteiger partial charge in [0.2, 0.25) is 0 Å². The Balaban J connectivity index is 2.36.